The van der Waals surface area contributed by atoms with Gasteiger partial charge in [0.2, 0.25) is 0 Å². The minimum Gasteiger partial charge on any atom is -0.393 e. The van der Waals surface area contributed by atoms with Gasteiger partial charge in [0.1, 0.15) is 0 Å². The Labute approximate surface area is 81.6 Å². The van der Waals surface area contributed by atoms with E-state index in [1.165, 1.54) is 0 Å². The van der Waals surface area contributed by atoms with Crippen LogP contribution in [0.5, 0.6) is 0 Å². The second-order valence-electron chi connectivity index (χ2n) is 2.78. The molecule has 72 valence electrons. The molecule has 3 nitrogen and oxygen atoms in total. The lowest BCUT2D eigenvalue weighted by Crippen LogP contribution is -2.09. The molecule has 0 radical (unpaired) electrons. The fraction of sp³-hybridized carbons (Fsp3) is 0.875. The number of carbonyl (C=O) groups excluding carboxylic acids is 1. The van der Waals surface area contributed by atoms with E-state index in [9.17, 15) is 9.90 Å². The average molecular weight is 239 g/mol. The molecule has 0 fully saturated rings. The van der Waals surface area contributed by atoms with Crippen LogP contribution in [0.3, 0.4) is 0 Å². The van der Waals surface area contributed by atoms with Crippen molar-refractivity contribution in [2.45, 2.75) is 45.1 Å². The first-order valence-corrected chi connectivity index (χ1v) is 4.85. The zero-order valence-electron chi connectivity index (χ0n) is 7.25. The number of halogens is 1. The SMILES string of the molecule is CCCCC(O)CCC(=O)OBr. The monoisotopic (exact) mass is 238 g/mol. The van der Waals surface area contributed by atoms with Gasteiger partial charge in [-0.3, -0.25) is 4.79 Å². The van der Waals surface area contributed by atoms with E-state index in [2.05, 4.69) is 27.0 Å². The van der Waals surface area contributed by atoms with Crippen molar-refractivity contribution in [2.24, 2.45) is 0 Å². The van der Waals surface area contributed by atoms with Crippen LogP contribution in [0.1, 0.15) is 39.0 Å². The Morgan fingerprint density at radius 3 is 2.75 bits per heavy atom. The predicted octanol–water partition coefficient (Wildman–Crippen LogP) is 2.17. The molecule has 0 bridgehead atoms. The first-order valence-electron chi connectivity index (χ1n) is 4.20. The van der Waals surface area contributed by atoms with Crippen molar-refractivity contribution in [1.82, 2.24) is 0 Å². The Kier molecular flexibility index (Phi) is 7.50. The molecular weight excluding hydrogens is 224 g/mol. The smallest absolute Gasteiger partial charge is 0.317 e. The predicted molar refractivity (Wildman–Crippen MR) is 49.8 cm³/mol. The molecule has 0 aliphatic rings. The summed E-state index contributed by atoms with van der Waals surface area (Å²) in [6.07, 6.45) is 3.24. The lowest BCUT2D eigenvalue weighted by Gasteiger charge is -2.07. The van der Waals surface area contributed by atoms with Crippen molar-refractivity contribution < 1.29 is 13.7 Å². The van der Waals surface area contributed by atoms with E-state index >= 15 is 0 Å². The third kappa shape index (κ3) is 6.61. The summed E-state index contributed by atoms with van der Waals surface area (Å²) in [4.78, 5) is 10.6. The van der Waals surface area contributed by atoms with Crippen molar-refractivity contribution >= 4 is 22.2 Å². The highest BCUT2D eigenvalue weighted by molar-refractivity contribution is 9.06. The molecule has 0 rings (SSSR count). The van der Waals surface area contributed by atoms with E-state index in [1.807, 2.05) is 0 Å². The Balaban J connectivity index is 3.30. The molecule has 0 aliphatic carbocycles. The standard InChI is InChI=1S/C8H15BrO3/c1-2-3-4-7(10)5-6-8(11)12-9/h7,10H,2-6H2,1H3. The summed E-state index contributed by atoms with van der Waals surface area (Å²) in [6, 6.07) is 0. The molecule has 0 aromatic carbocycles. The van der Waals surface area contributed by atoms with Crippen molar-refractivity contribution in [1.29, 1.82) is 0 Å². The minimum atomic E-state index is -0.364. The van der Waals surface area contributed by atoms with Gasteiger partial charge in [0.25, 0.3) is 0 Å². The zero-order valence-corrected chi connectivity index (χ0v) is 8.84. The van der Waals surface area contributed by atoms with E-state index in [0.717, 1.165) is 19.3 Å². The minimum absolute atomic E-state index is 0.274. The topological polar surface area (TPSA) is 46.5 Å². The van der Waals surface area contributed by atoms with Gasteiger partial charge in [-0.25, -0.2) is 0 Å². The number of aliphatic hydroxyl groups is 1. The maximum Gasteiger partial charge on any atom is 0.317 e. The largest absolute Gasteiger partial charge is 0.393 e. The summed E-state index contributed by atoms with van der Waals surface area (Å²) < 4.78 is 4.27. The molecule has 0 spiro atoms. The lowest BCUT2D eigenvalue weighted by atomic mass is 10.1. The van der Waals surface area contributed by atoms with Gasteiger partial charge in [0.15, 0.2) is 16.3 Å². The van der Waals surface area contributed by atoms with Gasteiger partial charge in [-0.15, -0.1) is 0 Å². The van der Waals surface area contributed by atoms with Crippen LogP contribution >= 0.6 is 16.3 Å². The fourth-order valence-corrected chi connectivity index (χ4v) is 1.07. The van der Waals surface area contributed by atoms with Crippen LogP contribution in [0, 0.1) is 0 Å². The lowest BCUT2D eigenvalue weighted by molar-refractivity contribution is -0.133. The van der Waals surface area contributed by atoms with Crippen molar-refractivity contribution in [2.75, 3.05) is 0 Å². The Morgan fingerprint density at radius 1 is 1.58 bits per heavy atom. The van der Waals surface area contributed by atoms with E-state index in [4.69, 9.17) is 0 Å². The third-order valence-corrected chi connectivity index (χ3v) is 2.02. The molecule has 0 saturated carbocycles. The third-order valence-electron chi connectivity index (χ3n) is 1.66. The van der Waals surface area contributed by atoms with Gasteiger partial charge in [-0.2, -0.15) is 0 Å². The fourth-order valence-electron chi connectivity index (χ4n) is 0.907. The molecular formula is C8H15BrO3. The molecule has 1 N–H and O–H groups in total. The van der Waals surface area contributed by atoms with Crippen molar-refractivity contribution in [3.63, 3.8) is 0 Å². The Hall–Kier alpha value is -0.0900. The number of unbranched alkanes of at least 4 members (excludes halogenated alkanes) is 1. The summed E-state index contributed by atoms with van der Waals surface area (Å²) in [5.74, 6) is -0.328. The Bertz CT molecular complexity index is 127. The summed E-state index contributed by atoms with van der Waals surface area (Å²) in [7, 11) is 0. The van der Waals surface area contributed by atoms with E-state index in [-0.39, 0.29) is 18.5 Å². The van der Waals surface area contributed by atoms with Gasteiger partial charge >= 0.3 is 5.97 Å². The highest BCUT2D eigenvalue weighted by atomic mass is 79.9. The maximum atomic E-state index is 10.6. The van der Waals surface area contributed by atoms with E-state index < -0.39 is 0 Å². The zero-order chi connectivity index (χ0) is 9.40. The maximum absolute atomic E-state index is 10.6. The molecule has 12 heavy (non-hydrogen) atoms. The van der Waals surface area contributed by atoms with E-state index in [1.54, 1.807) is 0 Å². The quantitative estimate of drug-likeness (QED) is 0.772. The highest BCUT2D eigenvalue weighted by Gasteiger charge is 2.07. The van der Waals surface area contributed by atoms with E-state index in [0.29, 0.717) is 6.42 Å². The molecule has 0 saturated heterocycles. The average Bonchev–Trinajstić information content (AvgIpc) is 2.10. The van der Waals surface area contributed by atoms with Gasteiger partial charge in [0.05, 0.1) is 6.10 Å². The summed E-state index contributed by atoms with van der Waals surface area (Å²) >= 11 is 2.59. The van der Waals surface area contributed by atoms with Crippen LogP contribution in [-0.4, -0.2) is 17.2 Å². The van der Waals surface area contributed by atoms with Gasteiger partial charge in [0, 0.05) is 6.42 Å². The van der Waals surface area contributed by atoms with Crippen molar-refractivity contribution in [3.05, 3.63) is 0 Å². The van der Waals surface area contributed by atoms with Crippen LogP contribution in [-0.2, 0) is 8.62 Å². The molecule has 4 heteroatoms. The molecule has 0 heterocycles. The Morgan fingerprint density at radius 2 is 2.25 bits per heavy atom. The molecule has 0 aromatic rings. The summed E-state index contributed by atoms with van der Waals surface area (Å²) in [5.41, 5.74) is 0. The van der Waals surface area contributed by atoms with Crippen LogP contribution in [0.4, 0.5) is 0 Å². The van der Waals surface area contributed by atoms with Crippen LogP contribution in [0.2, 0.25) is 0 Å². The summed E-state index contributed by atoms with van der Waals surface area (Å²) in [5, 5.41) is 9.30. The van der Waals surface area contributed by atoms with Crippen LogP contribution in [0.25, 0.3) is 0 Å². The van der Waals surface area contributed by atoms with Gasteiger partial charge in [-0.05, 0) is 12.8 Å². The normalized spacial score (nSPS) is 12.6. The van der Waals surface area contributed by atoms with Crippen molar-refractivity contribution in [3.8, 4) is 0 Å². The number of hydrogen-bond acceptors (Lipinski definition) is 3. The molecule has 1 atom stereocenters. The number of hydrogen-bond donors (Lipinski definition) is 1. The second kappa shape index (κ2) is 7.55. The molecule has 0 aromatic heterocycles. The van der Waals surface area contributed by atoms with Crippen LogP contribution < -0.4 is 0 Å². The first kappa shape index (κ1) is 11.9. The molecule has 0 amide bonds. The summed E-state index contributed by atoms with van der Waals surface area (Å²) in [6.45, 7) is 2.07. The van der Waals surface area contributed by atoms with Crippen LogP contribution in [0.15, 0.2) is 0 Å². The number of carbonyl (C=O) groups is 1. The van der Waals surface area contributed by atoms with Gasteiger partial charge < -0.3 is 8.93 Å². The second-order valence-corrected chi connectivity index (χ2v) is 3.11. The first-order chi connectivity index (χ1) is 5.70. The molecule has 0 aliphatic heterocycles. The number of rotatable bonds is 6. The molecule has 1 unspecified atom stereocenters. The highest BCUT2D eigenvalue weighted by Crippen LogP contribution is 2.07. The number of aliphatic hydroxyl groups excluding tert-OH is 1. The van der Waals surface area contributed by atoms with Gasteiger partial charge in [-0.1, -0.05) is 19.8 Å².